The molecule has 0 atom stereocenters. The maximum Gasteiger partial charge on any atom is 0.252 e. The van der Waals surface area contributed by atoms with Crippen molar-refractivity contribution in [1.29, 1.82) is 0 Å². The first-order chi connectivity index (χ1) is 7.06. The molecule has 0 saturated carbocycles. The normalized spacial score (nSPS) is 10.1. The molecule has 0 aliphatic rings. The van der Waals surface area contributed by atoms with Gasteiger partial charge in [0.1, 0.15) is 0 Å². The quantitative estimate of drug-likeness (QED) is 0.823. The van der Waals surface area contributed by atoms with Crippen molar-refractivity contribution >= 4 is 21.8 Å². The van der Waals surface area contributed by atoms with Gasteiger partial charge in [-0.05, 0) is 28.1 Å². The van der Waals surface area contributed by atoms with Gasteiger partial charge in [0.15, 0.2) is 11.6 Å². The number of aliphatic hydroxyl groups excluding tert-OH is 1. The highest BCUT2D eigenvalue weighted by Crippen LogP contribution is 2.20. The number of hydrogen-bond donors (Lipinski definition) is 2. The summed E-state index contributed by atoms with van der Waals surface area (Å²) in [6.07, 6.45) is 0. The number of nitrogens with one attached hydrogen (secondary N) is 1. The predicted molar refractivity (Wildman–Crippen MR) is 53.5 cm³/mol. The van der Waals surface area contributed by atoms with E-state index in [-0.39, 0.29) is 23.2 Å². The minimum absolute atomic E-state index is 0.0117. The zero-order valence-corrected chi connectivity index (χ0v) is 9.14. The molecule has 1 rings (SSSR count). The van der Waals surface area contributed by atoms with Crippen molar-refractivity contribution in [2.75, 3.05) is 13.2 Å². The average molecular weight is 280 g/mol. The summed E-state index contributed by atoms with van der Waals surface area (Å²) < 4.78 is 25.7. The SMILES string of the molecule is O=C(NCCO)c1cc(F)c(F)cc1Br. The molecule has 1 amide bonds. The molecule has 82 valence electrons. The minimum Gasteiger partial charge on any atom is -0.395 e. The minimum atomic E-state index is -1.09. The van der Waals surface area contributed by atoms with Crippen molar-refractivity contribution in [3.63, 3.8) is 0 Å². The zero-order valence-electron chi connectivity index (χ0n) is 7.56. The number of aliphatic hydroxyl groups is 1. The van der Waals surface area contributed by atoms with Crippen LogP contribution in [0.4, 0.5) is 8.78 Å². The van der Waals surface area contributed by atoms with Crippen LogP contribution in [0.1, 0.15) is 10.4 Å². The number of halogens is 3. The molecule has 0 bridgehead atoms. The summed E-state index contributed by atoms with van der Waals surface area (Å²) >= 11 is 2.94. The van der Waals surface area contributed by atoms with E-state index < -0.39 is 17.5 Å². The molecule has 0 aromatic heterocycles. The summed E-state index contributed by atoms with van der Waals surface area (Å²) in [4.78, 5) is 11.3. The van der Waals surface area contributed by atoms with E-state index in [1.54, 1.807) is 0 Å². The van der Waals surface area contributed by atoms with Crippen molar-refractivity contribution in [3.05, 3.63) is 33.8 Å². The molecule has 0 saturated heterocycles. The first-order valence-electron chi connectivity index (χ1n) is 4.10. The lowest BCUT2D eigenvalue weighted by Crippen LogP contribution is -2.26. The first kappa shape index (κ1) is 12.1. The summed E-state index contributed by atoms with van der Waals surface area (Å²) in [6, 6.07) is 1.68. The third-order valence-electron chi connectivity index (χ3n) is 1.65. The van der Waals surface area contributed by atoms with E-state index in [1.165, 1.54) is 0 Å². The monoisotopic (exact) mass is 279 g/mol. The molecule has 3 nitrogen and oxygen atoms in total. The van der Waals surface area contributed by atoms with Gasteiger partial charge in [0.25, 0.3) is 5.91 Å². The van der Waals surface area contributed by atoms with E-state index in [1.807, 2.05) is 0 Å². The second-order valence-corrected chi connectivity index (χ2v) is 3.58. The molecule has 0 heterocycles. The van der Waals surface area contributed by atoms with Crippen molar-refractivity contribution in [1.82, 2.24) is 5.32 Å². The van der Waals surface area contributed by atoms with E-state index in [9.17, 15) is 13.6 Å². The van der Waals surface area contributed by atoms with Crippen molar-refractivity contribution in [2.45, 2.75) is 0 Å². The van der Waals surface area contributed by atoms with Gasteiger partial charge in [-0.1, -0.05) is 0 Å². The van der Waals surface area contributed by atoms with Crippen LogP contribution >= 0.6 is 15.9 Å². The van der Waals surface area contributed by atoms with Gasteiger partial charge in [-0.3, -0.25) is 4.79 Å². The van der Waals surface area contributed by atoms with Gasteiger partial charge in [0.05, 0.1) is 12.2 Å². The Hall–Kier alpha value is -1.01. The summed E-state index contributed by atoms with van der Waals surface area (Å²) in [7, 11) is 0. The third kappa shape index (κ3) is 2.97. The Morgan fingerprint density at radius 2 is 2.00 bits per heavy atom. The van der Waals surface area contributed by atoms with Gasteiger partial charge in [-0.15, -0.1) is 0 Å². The Morgan fingerprint density at radius 1 is 1.40 bits per heavy atom. The lowest BCUT2D eigenvalue weighted by molar-refractivity contribution is 0.0943. The molecule has 6 heteroatoms. The molecule has 2 N–H and O–H groups in total. The predicted octanol–water partition coefficient (Wildman–Crippen LogP) is 1.45. The lowest BCUT2D eigenvalue weighted by atomic mass is 10.2. The smallest absolute Gasteiger partial charge is 0.252 e. The number of hydrogen-bond acceptors (Lipinski definition) is 2. The molecular formula is C9H8BrF2NO2. The number of rotatable bonds is 3. The molecule has 1 aromatic rings. The Morgan fingerprint density at radius 3 is 2.60 bits per heavy atom. The first-order valence-corrected chi connectivity index (χ1v) is 4.89. The Kier molecular flexibility index (Phi) is 4.16. The molecule has 0 fully saturated rings. The highest BCUT2D eigenvalue weighted by molar-refractivity contribution is 9.10. The maximum absolute atomic E-state index is 12.8. The molecule has 0 radical (unpaired) electrons. The van der Waals surface area contributed by atoms with Crippen LogP contribution in [0, 0.1) is 11.6 Å². The standard InChI is InChI=1S/C9H8BrF2NO2/c10-6-4-8(12)7(11)3-5(6)9(15)13-1-2-14/h3-4,14H,1-2H2,(H,13,15). The fraction of sp³-hybridized carbons (Fsp3) is 0.222. The summed E-state index contributed by atoms with van der Waals surface area (Å²) in [5, 5.41) is 10.8. The molecule has 0 aliphatic carbocycles. The van der Waals surface area contributed by atoms with Crippen molar-refractivity contribution in [3.8, 4) is 0 Å². The van der Waals surface area contributed by atoms with Crippen LogP contribution in [0.5, 0.6) is 0 Å². The highest BCUT2D eigenvalue weighted by Gasteiger charge is 2.13. The fourth-order valence-corrected chi connectivity index (χ4v) is 1.46. The molecule has 0 aliphatic heterocycles. The maximum atomic E-state index is 12.8. The average Bonchev–Trinajstić information content (AvgIpc) is 2.20. The van der Waals surface area contributed by atoms with Crippen LogP contribution < -0.4 is 5.32 Å². The number of benzene rings is 1. The number of amides is 1. The van der Waals surface area contributed by atoms with Crippen LogP contribution in [-0.4, -0.2) is 24.2 Å². The number of carbonyl (C=O) groups is 1. The van der Waals surface area contributed by atoms with E-state index >= 15 is 0 Å². The van der Waals surface area contributed by atoms with Gasteiger partial charge in [0, 0.05) is 11.0 Å². The second kappa shape index (κ2) is 5.18. The second-order valence-electron chi connectivity index (χ2n) is 2.73. The van der Waals surface area contributed by atoms with Gasteiger partial charge < -0.3 is 10.4 Å². The highest BCUT2D eigenvalue weighted by atomic mass is 79.9. The number of carbonyl (C=O) groups excluding carboxylic acids is 1. The van der Waals surface area contributed by atoms with Crippen molar-refractivity contribution in [2.24, 2.45) is 0 Å². The summed E-state index contributed by atoms with van der Waals surface area (Å²) in [5.41, 5.74) is -0.0117. The van der Waals surface area contributed by atoms with E-state index in [2.05, 4.69) is 21.2 Å². The van der Waals surface area contributed by atoms with Crippen LogP contribution in [0.15, 0.2) is 16.6 Å². The van der Waals surface area contributed by atoms with Crippen molar-refractivity contribution < 1.29 is 18.7 Å². The molecule has 15 heavy (non-hydrogen) atoms. The topological polar surface area (TPSA) is 49.3 Å². The van der Waals surface area contributed by atoms with E-state index in [0.717, 1.165) is 12.1 Å². The van der Waals surface area contributed by atoms with Gasteiger partial charge in [-0.2, -0.15) is 0 Å². The van der Waals surface area contributed by atoms with Gasteiger partial charge in [-0.25, -0.2) is 8.78 Å². The molecular weight excluding hydrogens is 272 g/mol. The Balaban J connectivity index is 2.94. The lowest BCUT2D eigenvalue weighted by Gasteiger charge is -2.05. The molecule has 1 aromatic carbocycles. The largest absolute Gasteiger partial charge is 0.395 e. The van der Waals surface area contributed by atoms with Crippen LogP contribution in [0.3, 0.4) is 0 Å². The van der Waals surface area contributed by atoms with E-state index in [0.29, 0.717) is 0 Å². The van der Waals surface area contributed by atoms with Crippen LogP contribution in [-0.2, 0) is 0 Å². The Bertz CT molecular complexity index is 385. The van der Waals surface area contributed by atoms with Gasteiger partial charge >= 0.3 is 0 Å². The molecule has 0 unspecified atom stereocenters. The fourth-order valence-electron chi connectivity index (χ4n) is 0.961. The third-order valence-corrected chi connectivity index (χ3v) is 2.31. The van der Waals surface area contributed by atoms with Crippen LogP contribution in [0.2, 0.25) is 0 Å². The summed E-state index contributed by atoms with van der Waals surface area (Å²) in [6.45, 7) is -0.155. The molecule has 0 spiro atoms. The summed E-state index contributed by atoms with van der Waals surface area (Å²) in [5.74, 6) is -2.69. The van der Waals surface area contributed by atoms with Gasteiger partial charge in [0.2, 0.25) is 0 Å². The Labute approximate surface area is 93.2 Å². The van der Waals surface area contributed by atoms with E-state index in [4.69, 9.17) is 5.11 Å². The van der Waals surface area contributed by atoms with Crippen LogP contribution in [0.25, 0.3) is 0 Å². The zero-order chi connectivity index (χ0) is 11.4.